The summed E-state index contributed by atoms with van der Waals surface area (Å²) >= 11 is 3.10. The van der Waals surface area contributed by atoms with Crippen LogP contribution in [0, 0.1) is 0 Å². The van der Waals surface area contributed by atoms with Crippen LogP contribution in [0.4, 0.5) is 0 Å². The molecule has 6 heteroatoms. The zero-order valence-corrected chi connectivity index (χ0v) is 13.9. The highest BCUT2D eigenvalue weighted by Crippen LogP contribution is 2.24. The monoisotopic (exact) mass is 329 g/mol. The van der Waals surface area contributed by atoms with Gasteiger partial charge in [0.2, 0.25) is 0 Å². The van der Waals surface area contributed by atoms with Crippen molar-refractivity contribution in [1.29, 1.82) is 0 Å². The number of nitrogens with zero attached hydrogens (tertiary/aromatic N) is 3. The van der Waals surface area contributed by atoms with E-state index >= 15 is 0 Å². The average molecular weight is 329 g/mol. The molecule has 4 nitrogen and oxygen atoms in total. The maximum Gasteiger partial charge on any atom is 0.256 e. The van der Waals surface area contributed by atoms with E-state index in [9.17, 15) is 4.79 Å². The lowest BCUT2D eigenvalue weighted by Gasteiger charge is -2.16. The number of thiazole rings is 1. The lowest BCUT2D eigenvalue weighted by atomic mass is 10.2. The minimum atomic E-state index is -0.0308. The van der Waals surface area contributed by atoms with Gasteiger partial charge in [-0.1, -0.05) is 12.1 Å². The van der Waals surface area contributed by atoms with Crippen molar-refractivity contribution in [1.82, 2.24) is 14.9 Å². The van der Waals surface area contributed by atoms with E-state index < -0.39 is 0 Å². The fraction of sp³-hybridized carbons (Fsp3) is 0.188. The van der Waals surface area contributed by atoms with Crippen molar-refractivity contribution in [3.63, 3.8) is 0 Å². The Morgan fingerprint density at radius 2 is 2.09 bits per heavy atom. The van der Waals surface area contributed by atoms with Gasteiger partial charge in [0.05, 0.1) is 22.3 Å². The Bertz CT molecular complexity index is 783. The van der Waals surface area contributed by atoms with Gasteiger partial charge in [-0.2, -0.15) is 0 Å². The molecule has 1 amide bonds. The molecular formula is C16H15N3OS2. The predicted molar refractivity (Wildman–Crippen MR) is 91.4 cm³/mol. The van der Waals surface area contributed by atoms with Crippen LogP contribution in [0.2, 0.25) is 0 Å². The van der Waals surface area contributed by atoms with Crippen LogP contribution in [0.1, 0.15) is 15.4 Å². The Labute approximate surface area is 137 Å². The second-order valence-corrected chi connectivity index (χ2v) is 6.71. The summed E-state index contributed by atoms with van der Waals surface area (Å²) in [7, 11) is 1.80. The molecule has 0 N–H and O–H groups in total. The first kappa shape index (κ1) is 15.0. The second kappa shape index (κ2) is 6.46. The highest BCUT2D eigenvalue weighted by atomic mass is 32.2. The van der Waals surface area contributed by atoms with Gasteiger partial charge in [0.25, 0.3) is 5.91 Å². The van der Waals surface area contributed by atoms with Gasteiger partial charge in [-0.3, -0.25) is 4.79 Å². The summed E-state index contributed by atoms with van der Waals surface area (Å²) in [4.78, 5) is 23.1. The molecule has 3 rings (SSSR count). The van der Waals surface area contributed by atoms with E-state index in [-0.39, 0.29) is 5.91 Å². The molecule has 112 valence electrons. The van der Waals surface area contributed by atoms with Crippen molar-refractivity contribution in [2.75, 3.05) is 13.3 Å². The minimum absolute atomic E-state index is 0.0308. The molecule has 0 spiro atoms. The van der Waals surface area contributed by atoms with Crippen molar-refractivity contribution < 1.29 is 4.79 Å². The van der Waals surface area contributed by atoms with Crippen LogP contribution in [0.3, 0.4) is 0 Å². The first-order chi connectivity index (χ1) is 10.7. The third kappa shape index (κ3) is 2.98. The van der Waals surface area contributed by atoms with Crippen molar-refractivity contribution in [2.24, 2.45) is 0 Å². The van der Waals surface area contributed by atoms with Gasteiger partial charge < -0.3 is 4.90 Å². The summed E-state index contributed by atoms with van der Waals surface area (Å²) in [6.07, 6.45) is 3.63. The molecule has 2 heterocycles. The molecule has 0 atom stereocenters. The van der Waals surface area contributed by atoms with Crippen LogP contribution in [-0.4, -0.2) is 34.1 Å². The van der Waals surface area contributed by atoms with Crippen LogP contribution < -0.4 is 0 Å². The zero-order chi connectivity index (χ0) is 15.5. The van der Waals surface area contributed by atoms with Crippen molar-refractivity contribution in [2.45, 2.75) is 11.6 Å². The fourth-order valence-corrected chi connectivity index (χ4v) is 3.75. The molecule has 0 aliphatic carbocycles. The lowest BCUT2D eigenvalue weighted by molar-refractivity contribution is 0.0781. The van der Waals surface area contributed by atoms with Crippen LogP contribution in [0.5, 0.6) is 0 Å². The average Bonchev–Trinajstić information content (AvgIpc) is 2.96. The van der Waals surface area contributed by atoms with E-state index in [4.69, 9.17) is 0 Å². The Morgan fingerprint density at radius 1 is 1.27 bits per heavy atom. The number of benzene rings is 1. The molecule has 22 heavy (non-hydrogen) atoms. The molecule has 0 saturated carbocycles. The highest BCUT2D eigenvalue weighted by molar-refractivity contribution is 7.98. The summed E-state index contributed by atoms with van der Waals surface area (Å²) in [5.74, 6) is -0.0308. The van der Waals surface area contributed by atoms with Crippen molar-refractivity contribution in [3.05, 3.63) is 53.2 Å². The normalized spacial score (nSPS) is 10.8. The molecule has 3 aromatic rings. The number of fused-ring (bicyclic) bond motifs is 1. The van der Waals surface area contributed by atoms with E-state index in [1.165, 1.54) is 11.8 Å². The van der Waals surface area contributed by atoms with Gasteiger partial charge in [-0.15, -0.1) is 23.1 Å². The Kier molecular flexibility index (Phi) is 4.40. The quantitative estimate of drug-likeness (QED) is 0.685. The molecule has 0 bridgehead atoms. The Morgan fingerprint density at radius 3 is 2.86 bits per heavy atom. The van der Waals surface area contributed by atoms with Gasteiger partial charge >= 0.3 is 0 Å². The molecule has 0 fully saturated rings. The first-order valence-electron chi connectivity index (χ1n) is 6.78. The number of carbonyl (C=O) groups excluding carboxylic acids is 1. The summed E-state index contributed by atoms with van der Waals surface area (Å²) in [6, 6.07) is 11.6. The predicted octanol–water partition coefficient (Wildman–Crippen LogP) is 3.69. The standard InChI is InChI=1S/C16H15N3OS2/c1-19(16(20)11-6-5-9-17-15(11)21-2)10-14-18-12-7-3-4-8-13(12)22-14/h3-9H,10H2,1-2H3. The number of thioether (sulfide) groups is 1. The molecule has 0 aliphatic rings. The van der Waals surface area contributed by atoms with Crippen LogP contribution in [0.25, 0.3) is 10.2 Å². The molecule has 0 aliphatic heterocycles. The summed E-state index contributed by atoms with van der Waals surface area (Å²) in [6.45, 7) is 0.501. The third-order valence-electron chi connectivity index (χ3n) is 3.25. The number of para-hydroxylation sites is 1. The number of hydrogen-bond donors (Lipinski definition) is 0. The lowest BCUT2D eigenvalue weighted by Crippen LogP contribution is -2.26. The maximum absolute atomic E-state index is 12.6. The summed E-state index contributed by atoms with van der Waals surface area (Å²) < 4.78 is 1.14. The number of aromatic nitrogens is 2. The number of carbonyl (C=O) groups is 1. The van der Waals surface area contributed by atoms with Gasteiger partial charge in [-0.25, -0.2) is 9.97 Å². The second-order valence-electron chi connectivity index (χ2n) is 4.80. The molecular weight excluding hydrogens is 314 g/mol. The van der Waals surface area contributed by atoms with E-state index in [0.717, 1.165) is 20.3 Å². The van der Waals surface area contributed by atoms with Crippen molar-refractivity contribution in [3.8, 4) is 0 Å². The van der Waals surface area contributed by atoms with Crippen LogP contribution in [0.15, 0.2) is 47.6 Å². The molecule has 2 aromatic heterocycles. The number of rotatable bonds is 4. The van der Waals surface area contributed by atoms with Gasteiger partial charge in [0, 0.05) is 13.2 Å². The minimum Gasteiger partial charge on any atom is -0.335 e. The van der Waals surface area contributed by atoms with Gasteiger partial charge in [0.1, 0.15) is 10.0 Å². The molecule has 1 aromatic carbocycles. The van der Waals surface area contributed by atoms with Gasteiger partial charge in [0.15, 0.2) is 0 Å². The van der Waals surface area contributed by atoms with E-state index in [1.54, 1.807) is 35.5 Å². The van der Waals surface area contributed by atoms with Crippen LogP contribution in [-0.2, 0) is 6.54 Å². The smallest absolute Gasteiger partial charge is 0.256 e. The van der Waals surface area contributed by atoms with Crippen molar-refractivity contribution >= 4 is 39.2 Å². The maximum atomic E-state index is 12.6. The molecule has 0 saturated heterocycles. The molecule has 0 unspecified atom stereocenters. The van der Waals surface area contributed by atoms with E-state index in [0.29, 0.717) is 12.1 Å². The number of pyridine rings is 1. The fourth-order valence-electron chi connectivity index (χ4n) is 2.18. The topological polar surface area (TPSA) is 46.1 Å². The Balaban J connectivity index is 1.81. The van der Waals surface area contributed by atoms with E-state index in [2.05, 4.69) is 9.97 Å². The molecule has 0 radical (unpaired) electrons. The number of amides is 1. The highest BCUT2D eigenvalue weighted by Gasteiger charge is 2.17. The van der Waals surface area contributed by atoms with Crippen LogP contribution >= 0.6 is 23.1 Å². The SMILES string of the molecule is CSc1ncccc1C(=O)N(C)Cc1nc2ccccc2s1. The summed E-state index contributed by atoms with van der Waals surface area (Å²) in [5.41, 5.74) is 1.62. The third-order valence-corrected chi connectivity index (χ3v) is 4.99. The van der Waals surface area contributed by atoms with E-state index in [1.807, 2.05) is 36.6 Å². The summed E-state index contributed by atoms with van der Waals surface area (Å²) in [5, 5.41) is 1.69. The zero-order valence-electron chi connectivity index (χ0n) is 12.3. The largest absolute Gasteiger partial charge is 0.335 e. The van der Waals surface area contributed by atoms with Gasteiger partial charge in [-0.05, 0) is 30.5 Å². The number of hydrogen-bond acceptors (Lipinski definition) is 5. The first-order valence-corrected chi connectivity index (χ1v) is 8.82. The Hall–Kier alpha value is -1.92.